The highest BCUT2D eigenvalue weighted by Crippen LogP contribution is 2.41. The molecule has 0 aromatic heterocycles. The molecule has 2 aliphatic heterocycles. The Kier molecular flexibility index (Phi) is 5.71. The number of benzene rings is 1. The minimum atomic E-state index is -0.197. The topological polar surface area (TPSA) is 42.0 Å². The third-order valence-electron chi connectivity index (χ3n) is 5.26. The van der Waals surface area contributed by atoms with Crippen molar-refractivity contribution in [1.29, 1.82) is 0 Å². The molecule has 2 heterocycles. The van der Waals surface area contributed by atoms with Gasteiger partial charge in [0.2, 0.25) is 5.91 Å². The molecule has 0 unspecified atom stereocenters. The molecular formula is C19H27FN2O3. The second-order valence-electron chi connectivity index (χ2n) is 7.38. The molecule has 0 radical (unpaired) electrons. The van der Waals surface area contributed by atoms with E-state index in [1.807, 2.05) is 6.07 Å². The molecule has 0 bridgehead atoms. The average Bonchev–Trinajstić information content (AvgIpc) is 2.97. The number of piperidine rings is 1. The number of likely N-dealkylation sites (N-methyl/N-ethyl adjacent to an activating group) is 1. The zero-order valence-corrected chi connectivity index (χ0v) is 15.0. The number of halogens is 1. The van der Waals surface area contributed by atoms with Gasteiger partial charge in [0.05, 0.1) is 12.7 Å². The fourth-order valence-corrected chi connectivity index (χ4v) is 3.85. The maximum Gasteiger partial charge on any atom is 0.248 e. The summed E-state index contributed by atoms with van der Waals surface area (Å²) < 4.78 is 25.1. The van der Waals surface area contributed by atoms with E-state index < -0.39 is 0 Å². The molecule has 3 rings (SSSR count). The number of ether oxygens (including phenoxy) is 2. The van der Waals surface area contributed by atoms with E-state index in [2.05, 4.69) is 4.90 Å². The number of hydrogen-bond acceptors (Lipinski definition) is 4. The van der Waals surface area contributed by atoms with Crippen molar-refractivity contribution in [1.82, 2.24) is 9.80 Å². The number of likely N-dealkylation sites (tertiary alicyclic amines) is 1. The molecule has 0 spiro atoms. The number of amides is 1. The Bertz CT molecular complexity index is 610. The quantitative estimate of drug-likeness (QED) is 0.786. The summed E-state index contributed by atoms with van der Waals surface area (Å²) in [6.45, 7) is 3.87. The summed E-state index contributed by atoms with van der Waals surface area (Å²) >= 11 is 0. The highest BCUT2D eigenvalue weighted by molar-refractivity contribution is 5.76. The first-order valence-corrected chi connectivity index (χ1v) is 8.85. The van der Waals surface area contributed by atoms with Gasteiger partial charge >= 0.3 is 0 Å². The molecule has 138 valence electrons. The lowest BCUT2D eigenvalue weighted by atomic mass is 9.77. The molecule has 2 aliphatic rings. The molecule has 0 aliphatic carbocycles. The van der Waals surface area contributed by atoms with E-state index in [0.717, 1.165) is 44.6 Å². The normalized spacial score (nSPS) is 26.4. The van der Waals surface area contributed by atoms with Crippen LogP contribution in [-0.2, 0) is 20.8 Å². The van der Waals surface area contributed by atoms with E-state index in [1.54, 1.807) is 26.2 Å². The van der Waals surface area contributed by atoms with Gasteiger partial charge in [0.25, 0.3) is 0 Å². The van der Waals surface area contributed by atoms with Crippen LogP contribution in [0.4, 0.5) is 4.39 Å². The molecule has 2 atom stereocenters. The van der Waals surface area contributed by atoms with Crippen LogP contribution in [0.25, 0.3) is 0 Å². The summed E-state index contributed by atoms with van der Waals surface area (Å²) in [5.74, 6) is -0.226. The first-order chi connectivity index (χ1) is 12.0. The first-order valence-electron chi connectivity index (χ1n) is 8.85. The van der Waals surface area contributed by atoms with Crippen LogP contribution in [0, 0.1) is 11.2 Å². The van der Waals surface area contributed by atoms with Crippen LogP contribution in [0.15, 0.2) is 24.3 Å². The van der Waals surface area contributed by atoms with Crippen LogP contribution in [0.5, 0.6) is 0 Å². The Morgan fingerprint density at radius 2 is 2.32 bits per heavy atom. The number of nitrogens with zero attached hydrogens (tertiary/aromatic N) is 2. The smallest absolute Gasteiger partial charge is 0.248 e. The van der Waals surface area contributed by atoms with Gasteiger partial charge in [-0.3, -0.25) is 9.69 Å². The van der Waals surface area contributed by atoms with Gasteiger partial charge in [0.1, 0.15) is 12.4 Å². The predicted molar refractivity (Wildman–Crippen MR) is 92.6 cm³/mol. The van der Waals surface area contributed by atoms with Gasteiger partial charge in [-0.2, -0.15) is 0 Å². The van der Waals surface area contributed by atoms with Gasteiger partial charge in [-0.05, 0) is 30.5 Å². The standard InChI is InChI=1S/C19H27FN2O3/c1-21(2)18(23)12-24-14-19-7-9-25-17(19)6-8-22(13-19)11-15-4-3-5-16(20)10-15/h3-5,10,17H,6-9,11-14H2,1-2H3/t17-,19+/m0/s1. The Labute approximate surface area is 148 Å². The molecule has 1 aromatic rings. The number of fused-ring (bicyclic) bond motifs is 1. The third-order valence-corrected chi connectivity index (χ3v) is 5.26. The van der Waals surface area contributed by atoms with E-state index >= 15 is 0 Å². The van der Waals surface area contributed by atoms with Gasteiger partial charge in [0, 0.05) is 45.8 Å². The van der Waals surface area contributed by atoms with Crippen LogP contribution < -0.4 is 0 Å². The van der Waals surface area contributed by atoms with Crippen molar-refractivity contribution < 1.29 is 18.7 Å². The molecule has 2 saturated heterocycles. The van der Waals surface area contributed by atoms with Crippen LogP contribution in [0.3, 0.4) is 0 Å². The Hall–Kier alpha value is -1.50. The van der Waals surface area contributed by atoms with E-state index in [1.165, 1.54) is 11.0 Å². The van der Waals surface area contributed by atoms with Gasteiger partial charge in [-0.15, -0.1) is 0 Å². The number of carbonyl (C=O) groups is 1. The molecule has 1 aromatic carbocycles. The molecule has 0 saturated carbocycles. The molecule has 1 amide bonds. The number of hydrogen-bond donors (Lipinski definition) is 0. The predicted octanol–water partition coefficient (Wildman–Crippen LogP) is 1.91. The van der Waals surface area contributed by atoms with Gasteiger partial charge < -0.3 is 14.4 Å². The third kappa shape index (κ3) is 4.37. The lowest BCUT2D eigenvalue weighted by molar-refractivity contribution is -0.136. The van der Waals surface area contributed by atoms with Crippen molar-refractivity contribution in [3.05, 3.63) is 35.6 Å². The van der Waals surface area contributed by atoms with Gasteiger partial charge in [-0.1, -0.05) is 12.1 Å². The van der Waals surface area contributed by atoms with Gasteiger partial charge in [-0.25, -0.2) is 4.39 Å². The maximum absolute atomic E-state index is 13.4. The zero-order chi connectivity index (χ0) is 17.9. The fourth-order valence-electron chi connectivity index (χ4n) is 3.85. The molecule has 5 nitrogen and oxygen atoms in total. The molecule has 6 heteroatoms. The lowest BCUT2D eigenvalue weighted by Crippen LogP contribution is -2.51. The monoisotopic (exact) mass is 350 g/mol. The average molecular weight is 350 g/mol. The Morgan fingerprint density at radius 1 is 1.48 bits per heavy atom. The van der Waals surface area contributed by atoms with Gasteiger partial charge in [0.15, 0.2) is 0 Å². The SMILES string of the molecule is CN(C)C(=O)COC[C@]12CCO[C@H]1CCN(Cc1cccc(F)c1)C2. The summed E-state index contributed by atoms with van der Waals surface area (Å²) in [5, 5.41) is 0. The minimum Gasteiger partial charge on any atom is -0.377 e. The minimum absolute atomic E-state index is 0.0284. The fraction of sp³-hybridized carbons (Fsp3) is 0.632. The molecule has 0 N–H and O–H groups in total. The van der Waals surface area contributed by atoms with Crippen LogP contribution in [0.1, 0.15) is 18.4 Å². The number of rotatable bonds is 6. The Balaban J connectivity index is 1.61. The highest BCUT2D eigenvalue weighted by atomic mass is 19.1. The first kappa shape index (κ1) is 18.3. The summed E-state index contributed by atoms with van der Waals surface area (Å²) in [6, 6.07) is 6.77. The molecule has 25 heavy (non-hydrogen) atoms. The van der Waals surface area contributed by atoms with Crippen molar-refractivity contribution in [3.63, 3.8) is 0 Å². The summed E-state index contributed by atoms with van der Waals surface area (Å²) in [5.41, 5.74) is 0.911. The van der Waals surface area contributed by atoms with Crippen LogP contribution >= 0.6 is 0 Å². The largest absolute Gasteiger partial charge is 0.377 e. The van der Waals surface area contributed by atoms with Crippen molar-refractivity contribution >= 4 is 5.91 Å². The van der Waals surface area contributed by atoms with Crippen LogP contribution in [0.2, 0.25) is 0 Å². The highest BCUT2D eigenvalue weighted by Gasteiger charge is 2.48. The summed E-state index contributed by atoms with van der Waals surface area (Å²) in [4.78, 5) is 15.6. The van der Waals surface area contributed by atoms with E-state index in [-0.39, 0.29) is 29.9 Å². The van der Waals surface area contributed by atoms with E-state index in [4.69, 9.17) is 9.47 Å². The Morgan fingerprint density at radius 3 is 3.08 bits per heavy atom. The van der Waals surface area contributed by atoms with Crippen LogP contribution in [-0.4, -0.2) is 68.8 Å². The van der Waals surface area contributed by atoms with Crippen molar-refractivity contribution in [2.75, 3.05) is 47.0 Å². The molecular weight excluding hydrogens is 323 g/mol. The van der Waals surface area contributed by atoms with E-state index in [0.29, 0.717) is 6.61 Å². The zero-order valence-electron chi connectivity index (χ0n) is 15.0. The second kappa shape index (κ2) is 7.81. The maximum atomic E-state index is 13.4. The second-order valence-corrected chi connectivity index (χ2v) is 7.38. The number of carbonyl (C=O) groups excluding carboxylic acids is 1. The van der Waals surface area contributed by atoms with Crippen molar-refractivity contribution in [2.45, 2.75) is 25.5 Å². The van der Waals surface area contributed by atoms with Crippen molar-refractivity contribution in [2.24, 2.45) is 5.41 Å². The summed E-state index contributed by atoms with van der Waals surface area (Å²) in [7, 11) is 3.46. The van der Waals surface area contributed by atoms with Crippen molar-refractivity contribution in [3.8, 4) is 0 Å². The lowest BCUT2D eigenvalue weighted by Gasteiger charge is -2.43. The summed E-state index contributed by atoms with van der Waals surface area (Å²) in [6.07, 6.45) is 2.07. The van der Waals surface area contributed by atoms with E-state index in [9.17, 15) is 9.18 Å². The molecule has 2 fully saturated rings.